The van der Waals surface area contributed by atoms with E-state index in [4.69, 9.17) is 5.11 Å². The Bertz CT molecular complexity index is 469. The van der Waals surface area contributed by atoms with Crippen LogP contribution < -0.4 is 0 Å². The van der Waals surface area contributed by atoms with Gasteiger partial charge in [-0.3, -0.25) is 9.59 Å². The van der Waals surface area contributed by atoms with Gasteiger partial charge in [0.25, 0.3) is 0 Å². The Hall–Kier alpha value is -1.46. The number of aliphatic hydroxyl groups excluding tert-OH is 2. The largest absolute Gasteiger partial charge is 0.481 e. The van der Waals surface area contributed by atoms with Crippen LogP contribution in [0.4, 0.5) is 0 Å². The zero-order valence-corrected chi connectivity index (χ0v) is 15.1. The first-order chi connectivity index (χ1) is 12.0. The molecule has 0 aliphatic heterocycles. The maximum absolute atomic E-state index is 12.1. The Kier molecular flexibility index (Phi) is 10.3. The molecule has 3 N–H and O–H groups in total. The SMILES string of the molecule is CCCCCC(O)/C=C/[C@@H]1C(C/C=C\CCCC(=O)O)C(=O)C[C@@H]1O. The summed E-state index contributed by atoms with van der Waals surface area (Å²) in [7, 11) is 0. The molecule has 0 amide bonds. The lowest BCUT2D eigenvalue weighted by Crippen LogP contribution is -2.18. The summed E-state index contributed by atoms with van der Waals surface area (Å²) in [6.07, 6.45) is 12.1. The van der Waals surface area contributed by atoms with E-state index in [1.165, 1.54) is 0 Å². The minimum Gasteiger partial charge on any atom is -0.481 e. The van der Waals surface area contributed by atoms with E-state index < -0.39 is 18.2 Å². The molecule has 1 aliphatic rings. The number of carbonyl (C=O) groups excluding carboxylic acids is 1. The van der Waals surface area contributed by atoms with Crippen molar-refractivity contribution in [2.75, 3.05) is 0 Å². The highest BCUT2D eigenvalue weighted by Gasteiger charge is 2.39. The Balaban J connectivity index is 2.48. The third kappa shape index (κ3) is 8.45. The van der Waals surface area contributed by atoms with Crippen LogP contribution in [0.1, 0.15) is 64.7 Å². The zero-order valence-electron chi connectivity index (χ0n) is 15.1. The van der Waals surface area contributed by atoms with Gasteiger partial charge in [-0.05, 0) is 25.7 Å². The smallest absolute Gasteiger partial charge is 0.303 e. The fourth-order valence-corrected chi connectivity index (χ4v) is 3.22. The minimum atomic E-state index is -0.801. The maximum Gasteiger partial charge on any atom is 0.303 e. The highest BCUT2D eigenvalue weighted by atomic mass is 16.4. The van der Waals surface area contributed by atoms with Crippen LogP contribution >= 0.6 is 0 Å². The van der Waals surface area contributed by atoms with Gasteiger partial charge < -0.3 is 15.3 Å². The molecule has 4 atom stereocenters. The van der Waals surface area contributed by atoms with Crippen LogP contribution in [0.15, 0.2) is 24.3 Å². The number of rotatable bonds is 12. The number of aliphatic hydroxyl groups is 2. The molecule has 142 valence electrons. The number of carbonyl (C=O) groups is 2. The lowest BCUT2D eigenvalue weighted by molar-refractivity contribution is -0.137. The predicted octanol–water partition coefficient (Wildman–Crippen LogP) is 3.25. The van der Waals surface area contributed by atoms with Crippen LogP contribution in [0.2, 0.25) is 0 Å². The Labute approximate surface area is 150 Å². The molecule has 0 spiro atoms. The van der Waals surface area contributed by atoms with E-state index in [0.717, 1.165) is 19.3 Å². The summed E-state index contributed by atoms with van der Waals surface area (Å²) in [6.45, 7) is 2.11. The van der Waals surface area contributed by atoms with Crippen LogP contribution in [0.25, 0.3) is 0 Å². The summed E-state index contributed by atoms with van der Waals surface area (Å²) < 4.78 is 0. The summed E-state index contributed by atoms with van der Waals surface area (Å²) in [4.78, 5) is 22.5. The maximum atomic E-state index is 12.1. The summed E-state index contributed by atoms with van der Waals surface area (Å²) in [5.74, 6) is -1.26. The summed E-state index contributed by atoms with van der Waals surface area (Å²) in [6, 6.07) is 0. The molecule has 0 aromatic rings. The number of allylic oxidation sites excluding steroid dienone is 2. The van der Waals surface area contributed by atoms with Crippen molar-refractivity contribution in [2.24, 2.45) is 11.8 Å². The molecule has 1 saturated carbocycles. The van der Waals surface area contributed by atoms with Gasteiger partial charge in [-0.15, -0.1) is 0 Å². The second kappa shape index (κ2) is 12.0. The molecule has 0 radical (unpaired) electrons. The standard InChI is InChI=1S/C20H32O5/c1-2-3-6-9-15(21)12-13-17-16(18(22)14-19(17)23)10-7-4-5-8-11-20(24)25/h4,7,12-13,15-17,19,21,23H,2-3,5-6,8-11,14H2,1H3,(H,24,25)/b7-4-,13-12+/t15?,16?,17-,19+/m1/s1. The van der Waals surface area contributed by atoms with E-state index in [-0.39, 0.29) is 30.5 Å². The highest BCUT2D eigenvalue weighted by molar-refractivity contribution is 5.84. The summed E-state index contributed by atoms with van der Waals surface area (Å²) >= 11 is 0. The van der Waals surface area contributed by atoms with E-state index in [2.05, 4.69) is 6.92 Å². The molecule has 5 nitrogen and oxygen atoms in total. The number of aliphatic carboxylic acids is 1. The fourth-order valence-electron chi connectivity index (χ4n) is 3.22. The van der Waals surface area contributed by atoms with Crippen LogP contribution in [0, 0.1) is 11.8 Å². The minimum absolute atomic E-state index is 0.0535. The third-order valence-electron chi connectivity index (χ3n) is 4.71. The van der Waals surface area contributed by atoms with Gasteiger partial charge in [0.05, 0.1) is 12.2 Å². The van der Waals surface area contributed by atoms with Gasteiger partial charge in [0.1, 0.15) is 5.78 Å². The van der Waals surface area contributed by atoms with E-state index in [9.17, 15) is 19.8 Å². The first-order valence-electron chi connectivity index (χ1n) is 9.39. The van der Waals surface area contributed by atoms with Crippen molar-refractivity contribution in [3.63, 3.8) is 0 Å². The normalized spacial score (nSPS) is 25.2. The summed E-state index contributed by atoms with van der Waals surface area (Å²) in [5.41, 5.74) is 0. The van der Waals surface area contributed by atoms with E-state index >= 15 is 0 Å². The van der Waals surface area contributed by atoms with Crippen LogP contribution in [-0.4, -0.2) is 39.3 Å². The third-order valence-corrected chi connectivity index (χ3v) is 4.71. The van der Waals surface area contributed by atoms with Crippen molar-refractivity contribution < 1.29 is 24.9 Å². The lowest BCUT2D eigenvalue weighted by Gasteiger charge is -2.16. The molecule has 0 aromatic heterocycles. The number of carboxylic acid groups (broad SMARTS) is 1. The Morgan fingerprint density at radius 1 is 1.28 bits per heavy atom. The molecule has 25 heavy (non-hydrogen) atoms. The van der Waals surface area contributed by atoms with Crippen molar-refractivity contribution in [1.82, 2.24) is 0 Å². The Morgan fingerprint density at radius 2 is 2.04 bits per heavy atom. The number of hydrogen-bond donors (Lipinski definition) is 3. The van der Waals surface area contributed by atoms with Gasteiger partial charge in [0.2, 0.25) is 0 Å². The second-order valence-electron chi connectivity index (χ2n) is 6.86. The average molecular weight is 352 g/mol. The molecular formula is C20H32O5. The number of ketones is 1. The average Bonchev–Trinajstić information content (AvgIpc) is 2.82. The molecule has 0 bridgehead atoms. The molecule has 1 fully saturated rings. The first-order valence-corrected chi connectivity index (χ1v) is 9.39. The van der Waals surface area contributed by atoms with Crippen LogP contribution in [-0.2, 0) is 9.59 Å². The molecule has 1 rings (SSSR count). The Morgan fingerprint density at radius 3 is 2.72 bits per heavy atom. The van der Waals surface area contributed by atoms with Crippen molar-refractivity contribution in [2.45, 2.75) is 76.9 Å². The highest BCUT2D eigenvalue weighted by Crippen LogP contribution is 2.33. The number of unbranched alkanes of at least 4 members (excludes halogenated alkanes) is 3. The molecule has 0 heterocycles. The molecule has 2 unspecified atom stereocenters. The van der Waals surface area contributed by atoms with E-state index in [0.29, 0.717) is 25.7 Å². The van der Waals surface area contributed by atoms with Gasteiger partial charge in [-0.1, -0.05) is 50.5 Å². The lowest BCUT2D eigenvalue weighted by atomic mass is 9.90. The fraction of sp³-hybridized carbons (Fsp3) is 0.700. The second-order valence-corrected chi connectivity index (χ2v) is 6.86. The molecule has 0 aromatic carbocycles. The van der Waals surface area contributed by atoms with E-state index in [1.54, 1.807) is 12.2 Å². The molecule has 1 aliphatic carbocycles. The predicted molar refractivity (Wildman–Crippen MR) is 97.1 cm³/mol. The van der Waals surface area contributed by atoms with Gasteiger partial charge in [0, 0.05) is 24.7 Å². The van der Waals surface area contributed by atoms with Crippen LogP contribution in [0.3, 0.4) is 0 Å². The monoisotopic (exact) mass is 352 g/mol. The van der Waals surface area contributed by atoms with Gasteiger partial charge in [0.15, 0.2) is 0 Å². The topological polar surface area (TPSA) is 94.8 Å². The van der Waals surface area contributed by atoms with Gasteiger partial charge >= 0.3 is 5.97 Å². The number of carboxylic acids is 1. The first kappa shape index (κ1) is 21.6. The van der Waals surface area contributed by atoms with Gasteiger partial charge in [-0.25, -0.2) is 0 Å². The van der Waals surface area contributed by atoms with Crippen molar-refractivity contribution in [1.29, 1.82) is 0 Å². The van der Waals surface area contributed by atoms with Crippen molar-refractivity contribution >= 4 is 11.8 Å². The molecule has 5 heteroatoms. The van der Waals surface area contributed by atoms with Crippen molar-refractivity contribution in [3.05, 3.63) is 24.3 Å². The zero-order chi connectivity index (χ0) is 18.7. The van der Waals surface area contributed by atoms with E-state index in [1.807, 2.05) is 12.2 Å². The number of Topliss-reactive ketones (excluding diaryl/α,β-unsaturated/α-hetero) is 1. The summed E-state index contributed by atoms with van der Waals surface area (Å²) in [5, 5.41) is 28.7. The molecular weight excluding hydrogens is 320 g/mol. The van der Waals surface area contributed by atoms with Crippen LogP contribution in [0.5, 0.6) is 0 Å². The quantitative estimate of drug-likeness (QED) is 0.370. The van der Waals surface area contributed by atoms with Crippen molar-refractivity contribution in [3.8, 4) is 0 Å². The van der Waals surface area contributed by atoms with Gasteiger partial charge in [-0.2, -0.15) is 0 Å². The molecule has 0 saturated heterocycles. The number of hydrogen-bond acceptors (Lipinski definition) is 4.